The molecule has 1 aromatic heterocycles. The van der Waals surface area contributed by atoms with Crippen molar-refractivity contribution in [2.45, 2.75) is 38.6 Å². The minimum atomic E-state index is 0.220. The summed E-state index contributed by atoms with van der Waals surface area (Å²) >= 11 is 0. The van der Waals surface area contributed by atoms with Gasteiger partial charge in [0.15, 0.2) is 0 Å². The van der Waals surface area contributed by atoms with E-state index in [9.17, 15) is 0 Å². The third-order valence-electron chi connectivity index (χ3n) is 3.87. The maximum atomic E-state index is 4.80. The lowest BCUT2D eigenvalue weighted by Gasteiger charge is -2.23. The van der Waals surface area contributed by atoms with Gasteiger partial charge in [0, 0.05) is 0 Å². The second-order valence-corrected chi connectivity index (χ2v) is 5.30. The fourth-order valence-corrected chi connectivity index (χ4v) is 2.87. The Morgan fingerprint density at radius 1 is 1.20 bits per heavy atom. The van der Waals surface area contributed by atoms with E-state index in [0.29, 0.717) is 0 Å². The first kappa shape index (κ1) is 13.3. The molecule has 0 saturated carbocycles. The van der Waals surface area contributed by atoms with E-state index >= 15 is 0 Å². The Morgan fingerprint density at radius 2 is 2.05 bits per heavy atom. The summed E-state index contributed by atoms with van der Waals surface area (Å²) < 4.78 is 0. The molecule has 1 atom stereocenters. The number of para-hydroxylation sites is 2. The largest absolute Gasteiger partial charge is 0.305 e. The fraction of sp³-hybridized carbons (Fsp3) is 0.412. The van der Waals surface area contributed by atoms with Gasteiger partial charge in [-0.05, 0) is 44.4 Å². The van der Waals surface area contributed by atoms with E-state index in [0.717, 1.165) is 23.3 Å². The van der Waals surface area contributed by atoms with Crippen molar-refractivity contribution in [3.05, 3.63) is 47.8 Å². The third-order valence-corrected chi connectivity index (χ3v) is 3.87. The average molecular weight is 267 g/mol. The van der Waals surface area contributed by atoms with Crippen LogP contribution in [-0.2, 0) is 0 Å². The number of rotatable bonds is 4. The zero-order valence-corrected chi connectivity index (χ0v) is 12.0. The summed E-state index contributed by atoms with van der Waals surface area (Å²) in [5, 5.41) is 3.56. The van der Waals surface area contributed by atoms with Crippen LogP contribution in [0.5, 0.6) is 0 Å². The van der Waals surface area contributed by atoms with Crippen LogP contribution in [0.1, 0.15) is 44.3 Å². The van der Waals surface area contributed by atoms with Gasteiger partial charge in [-0.2, -0.15) is 0 Å². The second kappa shape index (κ2) is 6.14. The highest BCUT2D eigenvalue weighted by atomic mass is 15.0. The van der Waals surface area contributed by atoms with Crippen LogP contribution < -0.4 is 5.32 Å². The molecule has 3 rings (SSSR count). The molecule has 1 aliphatic carbocycles. The standard InChI is InChI=1S/C17H21N3/c1-2-18-17(13-8-4-3-5-9-13)16-12-19-14-10-6-7-11-15(14)20-16/h6-8,10-12,17-18H,2-5,9H2,1H3. The number of aromatic nitrogens is 2. The number of hydrogen-bond acceptors (Lipinski definition) is 3. The predicted molar refractivity (Wildman–Crippen MR) is 82.5 cm³/mol. The number of nitrogens with zero attached hydrogens (tertiary/aromatic N) is 2. The van der Waals surface area contributed by atoms with Crippen LogP contribution in [0.3, 0.4) is 0 Å². The molecule has 0 bridgehead atoms. The summed E-state index contributed by atoms with van der Waals surface area (Å²) in [6.45, 7) is 3.08. The minimum absolute atomic E-state index is 0.220. The number of nitrogens with one attached hydrogen (secondary N) is 1. The third kappa shape index (κ3) is 2.73. The van der Waals surface area contributed by atoms with Gasteiger partial charge in [-0.15, -0.1) is 0 Å². The molecule has 104 valence electrons. The molecule has 2 aromatic rings. The first-order valence-electron chi connectivity index (χ1n) is 7.52. The van der Waals surface area contributed by atoms with E-state index in [2.05, 4.69) is 23.3 Å². The normalized spacial score (nSPS) is 16.9. The van der Waals surface area contributed by atoms with Crippen LogP contribution in [-0.4, -0.2) is 16.5 Å². The first-order valence-corrected chi connectivity index (χ1v) is 7.52. The molecule has 3 heteroatoms. The zero-order chi connectivity index (χ0) is 13.8. The highest BCUT2D eigenvalue weighted by molar-refractivity contribution is 5.73. The van der Waals surface area contributed by atoms with Gasteiger partial charge in [-0.25, -0.2) is 4.98 Å². The van der Waals surface area contributed by atoms with E-state index in [1.165, 1.54) is 31.3 Å². The summed E-state index contributed by atoms with van der Waals surface area (Å²) in [7, 11) is 0. The molecule has 0 saturated heterocycles. The molecule has 0 fully saturated rings. The predicted octanol–water partition coefficient (Wildman–Crippen LogP) is 3.78. The van der Waals surface area contributed by atoms with Crippen LogP contribution >= 0.6 is 0 Å². The van der Waals surface area contributed by atoms with E-state index < -0.39 is 0 Å². The molecule has 1 heterocycles. The van der Waals surface area contributed by atoms with Crippen LogP contribution in [0.25, 0.3) is 11.0 Å². The Bertz CT molecular complexity index is 618. The molecule has 0 spiro atoms. The molecule has 1 aromatic carbocycles. The Kier molecular flexibility index (Phi) is 4.07. The molecular weight excluding hydrogens is 246 g/mol. The van der Waals surface area contributed by atoms with Crippen molar-refractivity contribution in [3.8, 4) is 0 Å². The monoisotopic (exact) mass is 267 g/mol. The molecule has 0 amide bonds. The minimum Gasteiger partial charge on any atom is -0.305 e. The summed E-state index contributed by atoms with van der Waals surface area (Å²) in [6, 6.07) is 8.28. The van der Waals surface area contributed by atoms with Gasteiger partial charge >= 0.3 is 0 Å². The van der Waals surface area contributed by atoms with Gasteiger partial charge in [-0.3, -0.25) is 4.98 Å². The van der Waals surface area contributed by atoms with Crippen molar-refractivity contribution < 1.29 is 0 Å². The van der Waals surface area contributed by atoms with E-state index in [-0.39, 0.29) is 6.04 Å². The lowest BCUT2D eigenvalue weighted by molar-refractivity contribution is 0.554. The number of allylic oxidation sites excluding steroid dienone is 1. The quantitative estimate of drug-likeness (QED) is 0.857. The lowest BCUT2D eigenvalue weighted by Crippen LogP contribution is -2.24. The van der Waals surface area contributed by atoms with E-state index in [1.54, 1.807) is 0 Å². The van der Waals surface area contributed by atoms with E-state index in [4.69, 9.17) is 4.98 Å². The molecule has 0 radical (unpaired) electrons. The highest BCUT2D eigenvalue weighted by Crippen LogP contribution is 2.29. The van der Waals surface area contributed by atoms with Crippen molar-refractivity contribution in [3.63, 3.8) is 0 Å². The average Bonchev–Trinajstić information content (AvgIpc) is 2.53. The highest BCUT2D eigenvalue weighted by Gasteiger charge is 2.19. The fourth-order valence-electron chi connectivity index (χ4n) is 2.87. The Morgan fingerprint density at radius 3 is 2.80 bits per heavy atom. The molecule has 3 nitrogen and oxygen atoms in total. The first-order chi connectivity index (χ1) is 9.88. The van der Waals surface area contributed by atoms with Crippen LogP contribution in [0.15, 0.2) is 42.1 Å². The smallest absolute Gasteiger partial charge is 0.0890 e. The molecule has 1 N–H and O–H groups in total. The molecule has 1 aliphatic rings. The van der Waals surface area contributed by atoms with Gasteiger partial charge in [0.25, 0.3) is 0 Å². The SMILES string of the molecule is CCNC(C1=CCCCC1)c1cnc2ccccc2n1. The zero-order valence-electron chi connectivity index (χ0n) is 12.0. The Labute approximate surface area is 120 Å². The molecule has 0 aliphatic heterocycles. The molecular formula is C17H21N3. The summed E-state index contributed by atoms with van der Waals surface area (Å²) in [4.78, 5) is 9.35. The second-order valence-electron chi connectivity index (χ2n) is 5.30. The van der Waals surface area contributed by atoms with Crippen LogP contribution in [0, 0.1) is 0 Å². The number of likely N-dealkylation sites (N-methyl/N-ethyl adjacent to an activating group) is 1. The number of fused-ring (bicyclic) bond motifs is 1. The maximum absolute atomic E-state index is 4.80. The lowest BCUT2D eigenvalue weighted by atomic mass is 9.92. The number of hydrogen-bond donors (Lipinski definition) is 1. The molecule has 20 heavy (non-hydrogen) atoms. The molecule has 1 unspecified atom stereocenters. The Hall–Kier alpha value is -1.74. The topological polar surface area (TPSA) is 37.8 Å². The summed E-state index contributed by atoms with van der Waals surface area (Å²) in [6.07, 6.45) is 9.27. The summed E-state index contributed by atoms with van der Waals surface area (Å²) in [5.74, 6) is 0. The van der Waals surface area contributed by atoms with Gasteiger partial charge in [0.05, 0.1) is 29.0 Å². The van der Waals surface area contributed by atoms with Gasteiger partial charge in [0.2, 0.25) is 0 Å². The van der Waals surface area contributed by atoms with Gasteiger partial charge < -0.3 is 5.32 Å². The van der Waals surface area contributed by atoms with Crippen LogP contribution in [0.4, 0.5) is 0 Å². The Balaban J connectivity index is 1.97. The van der Waals surface area contributed by atoms with Crippen molar-refractivity contribution in [1.82, 2.24) is 15.3 Å². The van der Waals surface area contributed by atoms with E-state index in [1.807, 2.05) is 30.5 Å². The van der Waals surface area contributed by atoms with Gasteiger partial charge in [-0.1, -0.05) is 30.7 Å². The van der Waals surface area contributed by atoms with Gasteiger partial charge in [0.1, 0.15) is 0 Å². The number of benzene rings is 1. The van der Waals surface area contributed by atoms with Crippen molar-refractivity contribution >= 4 is 11.0 Å². The van der Waals surface area contributed by atoms with Crippen molar-refractivity contribution in [2.24, 2.45) is 0 Å². The maximum Gasteiger partial charge on any atom is 0.0890 e. The van der Waals surface area contributed by atoms with Crippen molar-refractivity contribution in [2.75, 3.05) is 6.54 Å². The summed E-state index contributed by atoms with van der Waals surface area (Å²) in [5.41, 5.74) is 4.45. The van der Waals surface area contributed by atoms with Crippen molar-refractivity contribution in [1.29, 1.82) is 0 Å². The van der Waals surface area contributed by atoms with Crippen LogP contribution in [0.2, 0.25) is 0 Å².